The van der Waals surface area contributed by atoms with Crippen molar-refractivity contribution in [2.24, 2.45) is 0 Å². The van der Waals surface area contributed by atoms with Gasteiger partial charge in [-0.15, -0.1) is 0 Å². The number of hydrogen-bond acceptors (Lipinski definition) is 3. The monoisotopic (exact) mass is 158 g/mol. The number of rotatable bonds is 0. The highest BCUT2D eigenvalue weighted by atomic mass is 16.7. The molecule has 1 N–H and O–H groups in total. The highest BCUT2D eigenvalue weighted by Gasteiger charge is 2.40. The van der Waals surface area contributed by atoms with Gasteiger partial charge in [-0.2, -0.15) is 0 Å². The Morgan fingerprint density at radius 1 is 1.27 bits per heavy atom. The van der Waals surface area contributed by atoms with Gasteiger partial charge in [0, 0.05) is 12.8 Å². The van der Waals surface area contributed by atoms with E-state index in [1.165, 1.54) is 0 Å². The first-order valence-corrected chi connectivity index (χ1v) is 4.27. The van der Waals surface area contributed by atoms with Crippen LogP contribution in [-0.2, 0) is 9.47 Å². The predicted octanol–water partition coefficient (Wildman–Crippen LogP) is 0.664. The number of aliphatic hydroxyl groups is 1. The maximum atomic E-state index is 9.37. The Morgan fingerprint density at radius 2 is 2.00 bits per heavy atom. The molecular weight excluding hydrogens is 144 g/mol. The van der Waals surface area contributed by atoms with Crippen LogP contribution in [0.2, 0.25) is 0 Å². The first-order valence-electron chi connectivity index (χ1n) is 4.27. The molecule has 2 fully saturated rings. The van der Waals surface area contributed by atoms with Crippen LogP contribution in [0.25, 0.3) is 0 Å². The SMILES string of the molecule is O[C@H]1CCCC2(C1)OCCO2. The highest BCUT2D eigenvalue weighted by Crippen LogP contribution is 2.35. The van der Waals surface area contributed by atoms with Gasteiger partial charge in [-0.3, -0.25) is 0 Å². The van der Waals surface area contributed by atoms with Crippen LogP contribution in [0.4, 0.5) is 0 Å². The molecule has 1 heterocycles. The van der Waals surface area contributed by atoms with Crippen LogP contribution in [0.1, 0.15) is 25.7 Å². The van der Waals surface area contributed by atoms with Crippen LogP contribution >= 0.6 is 0 Å². The number of hydrogen-bond donors (Lipinski definition) is 1. The molecule has 0 amide bonds. The molecule has 1 aliphatic carbocycles. The van der Waals surface area contributed by atoms with Gasteiger partial charge in [-0.05, 0) is 12.8 Å². The van der Waals surface area contributed by atoms with Crippen molar-refractivity contribution in [2.45, 2.75) is 37.6 Å². The Hall–Kier alpha value is -0.120. The zero-order valence-electron chi connectivity index (χ0n) is 6.58. The van der Waals surface area contributed by atoms with Gasteiger partial charge in [0.15, 0.2) is 5.79 Å². The van der Waals surface area contributed by atoms with Crippen molar-refractivity contribution in [1.82, 2.24) is 0 Å². The molecule has 1 saturated heterocycles. The number of aliphatic hydroxyl groups excluding tert-OH is 1. The van der Waals surface area contributed by atoms with E-state index in [0.717, 1.165) is 19.3 Å². The molecule has 1 spiro atoms. The average molecular weight is 158 g/mol. The van der Waals surface area contributed by atoms with E-state index in [9.17, 15) is 5.11 Å². The molecule has 2 rings (SSSR count). The van der Waals surface area contributed by atoms with Crippen molar-refractivity contribution in [2.75, 3.05) is 13.2 Å². The van der Waals surface area contributed by atoms with E-state index >= 15 is 0 Å². The quantitative estimate of drug-likeness (QED) is 0.563. The van der Waals surface area contributed by atoms with Crippen molar-refractivity contribution in [3.8, 4) is 0 Å². The van der Waals surface area contributed by atoms with Gasteiger partial charge in [0.05, 0.1) is 19.3 Å². The zero-order valence-corrected chi connectivity index (χ0v) is 6.58. The van der Waals surface area contributed by atoms with E-state index in [1.807, 2.05) is 0 Å². The summed E-state index contributed by atoms with van der Waals surface area (Å²) >= 11 is 0. The lowest BCUT2D eigenvalue weighted by Crippen LogP contribution is -2.38. The maximum Gasteiger partial charge on any atom is 0.170 e. The zero-order chi connectivity index (χ0) is 7.73. The molecule has 1 atom stereocenters. The minimum absolute atomic E-state index is 0.221. The third-order valence-electron chi connectivity index (χ3n) is 2.46. The molecule has 2 aliphatic rings. The van der Waals surface area contributed by atoms with Gasteiger partial charge < -0.3 is 14.6 Å². The largest absolute Gasteiger partial charge is 0.393 e. The highest BCUT2D eigenvalue weighted by molar-refractivity contribution is 4.82. The first kappa shape index (κ1) is 7.53. The second kappa shape index (κ2) is 2.73. The Bertz CT molecular complexity index is 140. The summed E-state index contributed by atoms with van der Waals surface area (Å²) in [4.78, 5) is 0. The second-order valence-electron chi connectivity index (χ2n) is 3.36. The minimum Gasteiger partial charge on any atom is -0.393 e. The Kier molecular flexibility index (Phi) is 1.87. The summed E-state index contributed by atoms with van der Waals surface area (Å²) in [6.45, 7) is 1.37. The van der Waals surface area contributed by atoms with Gasteiger partial charge >= 0.3 is 0 Å². The smallest absolute Gasteiger partial charge is 0.170 e. The average Bonchev–Trinajstić information content (AvgIpc) is 2.37. The normalized spacial score (nSPS) is 36.3. The van der Waals surface area contributed by atoms with E-state index in [-0.39, 0.29) is 6.10 Å². The predicted molar refractivity (Wildman–Crippen MR) is 39.1 cm³/mol. The van der Waals surface area contributed by atoms with Gasteiger partial charge in [0.1, 0.15) is 0 Å². The van der Waals surface area contributed by atoms with Crippen LogP contribution < -0.4 is 0 Å². The summed E-state index contributed by atoms with van der Waals surface area (Å²) in [5.74, 6) is -0.405. The van der Waals surface area contributed by atoms with E-state index in [0.29, 0.717) is 19.6 Å². The van der Waals surface area contributed by atoms with E-state index in [4.69, 9.17) is 9.47 Å². The third kappa shape index (κ3) is 1.41. The van der Waals surface area contributed by atoms with Gasteiger partial charge in [0.2, 0.25) is 0 Å². The molecule has 0 radical (unpaired) electrons. The maximum absolute atomic E-state index is 9.37. The van der Waals surface area contributed by atoms with Crippen LogP contribution in [-0.4, -0.2) is 30.2 Å². The van der Waals surface area contributed by atoms with Crippen molar-refractivity contribution in [3.63, 3.8) is 0 Å². The standard InChI is InChI=1S/C8H14O3/c9-7-2-1-3-8(6-7)10-4-5-11-8/h7,9H,1-6H2/t7-/m0/s1. The molecular formula is C8H14O3. The summed E-state index contributed by atoms with van der Waals surface area (Å²) in [5.41, 5.74) is 0. The topological polar surface area (TPSA) is 38.7 Å². The number of ether oxygens (including phenoxy) is 2. The third-order valence-corrected chi connectivity index (χ3v) is 2.46. The fourth-order valence-corrected chi connectivity index (χ4v) is 1.93. The molecule has 3 heteroatoms. The molecule has 11 heavy (non-hydrogen) atoms. The van der Waals surface area contributed by atoms with Gasteiger partial charge in [-0.25, -0.2) is 0 Å². The fraction of sp³-hybridized carbons (Fsp3) is 1.00. The van der Waals surface area contributed by atoms with Gasteiger partial charge in [-0.1, -0.05) is 0 Å². The summed E-state index contributed by atoms with van der Waals surface area (Å²) in [6.07, 6.45) is 3.30. The Morgan fingerprint density at radius 3 is 2.64 bits per heavy atom. The lowest BCUT2D eigenvalue weighted by Gasteiger charge is -2.33. The second-order valence-corrected chi connectivity index (χ2v) is 3.36. The van der Waals surface area contributed by atoms with Crippen molar-refractivity contribution < 1.29 is 14.6 Å². The van der Waals surface area contributed by atoms with E-state index < -0.39 is 5.79 Å². The lowest BCUT2D eigenvalue weighted by molar-refractivity contribution is -0.195. The Balaban J connectivity index is 2.00. The van der Waals surface area contributed by atoms with Gasteiger partial charge in [0.25, 0.3) is 0 Å². The van der Waals surface area contributed by atoms with Crippen molar-refractivity contribution >= 4 is 0 Å². The molecule has 0 bridgehead atoms. The molecule has 1 saturated carbocycles. The first-order chi connectivity index (χ1) is 5.31. The fourth-order valence-electron chi connectivity index (χ4n) is 1.93. The van der Waals surface area contributed by atoms with Crippen LogP contribution in [0.3, 0.4) is 0 Å². The van der Waals surface area contributed by atoms with E-state index in [1.54, 1.807) is 0 Å². The molecule has 0 unspecified atom stereocenters. The summed E-state index contributed by atoms with van der Waals surface area (Å²) in [5, 5.41) is 9.37. The lowest BCUT2D eigenvalue weighted by atomic mass is 9.92. The molecule has 3 nitrogen and oxygen atoms in total. The van der Waals surface area contributed by atoms with E-state index in [2.05, 4.69) is 0 Å². The summed E-state index contributed by atoms with van der Waals surface area (Å²) in [6, 6.07) is 0. The van der Waals surface area contributed by atoms with Crippen molar-refractivity contribution in [3.05, 3.63) is 0 Å². The van der Waals surface area contributed by atoms with Crippen LogP contribution in [0.15, 0.2) is 0 Å². The van der Waals surface area contributed by atoms with Crippen LogP contribution in [0.5, 0.6) is 0 Å². The summed E-state index contributed by atoms with van der Waals surface area (Å²) < 4.78 is 10.9. The Labute approximate surface area is 66.3 Å². The minimum atomic E-state index is -0.405. The molecule has 0 aromatic rings. The van der Waals surface area contributed by atoms with Crippen molar-refractivity contribution in [1.29, 1.82) is 0 Å². The van der Waals surface area contributed by atoms with Crippen LogP contribution in [0, 0.1) is 0 Å². The molecule has 0 aromatic heterocycles. The molecule has 1 aliphatic heterocycles. The summed E-state index contributed by atoms with van der Waals surface area (Å²) in [7, 11) is 0. The molecule has 64 valence electrons. The molecule has 0 aromatic carbocycles.